The van der Waals surface area contributed by atoms with Gasteiger partial charge in [-0.15, -0.1) is 0 Å². The summed E-state index contributed by atoms with van der Waals surface area (Å²) in [4.78, 5) is 42.1. The third-order valence-corrected chi connectivity index (χ3v) is 5.83. The summed E-state index contributed by atoms with van der Waals surface area (Å²) in [5, 5.41) is 3.30. The standard InChI is InChI=1S/C29H26N2O6/c1-17(32)19-9-12-21(13-10-19)30-28(33)18(2)37-29(34)23-16-25(31-24-8-6-5-7-22(23)24)20-11-14-26(35-3)27(15-20)36-4/h5-16,18H,1-4H3,(H,30,33). The van der Waals surface area contributed by atoms with E-state index in [0.717, 1.165) is 5.56 Å². The highest BCUT2D eigenvalue weighted by atomic mass is 16.5. The quantitative estimate of drug-likeness (QED) is 0.259. The van der Waals surface area contributed by atoms with Crippen molar-refractivity contribution in [2.75, 3.05) is 19.5 Å². The number of ether oxygens (including phenoxy) is 3. The van der Waals surface area contributed by atoms with Crippen molar-refractivity contribution < 1.29 is 28.6 Å². The molecule has 1 atom stereocenters. The molecule has 0 bridgehead atoms. The number of nitrogens with zero attached hydrogens (tertiary/aromatic N) is 1. The molecule has 0 fully saturated rings. The Labute approximate surface area is 214 Å². The van der Waals surface area contributed by atoms with Crippen LogP contribution in [0.3, 0.4) is 0 Å². The zero-order chi connectivity index (χ0) is 26.5. The monoisotopic (exact) mass is 498 g/mol. The fourth-order valence-corrected chi connectivity index (χ4v) is 3.80. The van der Waals surface area contributed by atoms with Crippen LogP contribution in [0.15, 0.2) is 72.8 Å². The van der Waals surface area contributed by atoms with Gasteiger partial charge in [0.25, 0.3) is 5.91 Å². The number of carbonyl (C=O) groups excluding carboxylic acids is 3. The lowest BCUT2D eigenvalue weighted by atomic mass is 10.0. The number of para-hydroxylation sites is 1. The van der Waals surface area contributed by atoms with E-state index < -0.39 is 18.0 Å². The minimum absolute atomic E-state index is 0.0720. The molecule has 0 radical (unpaired) electrons. The summed E-state index contributed by atoms with van der Waals surface area (Å²) < 4.78 is 16.3. The summed E-state index contributed by atoms with van der Waals surface area (Å²) >= 11 is 0. The first-order valence-corrected chi connectivity index (χ1v) is 11.6. The highest BCUT2D eigenvalue weighted by Crippen LogP contribution is 2.33. The third-order valence-electron chi connectivity index (χ3n) is 5.83. The summed E-state index contributed by atoms with van der Waals surface area (Å²) in [5.41, 5.74) is 3.16. The zero-order valence-electron chi connectivity index (χ0n) is 20.9. The molecule has 1 aromatic heterocycles. The molecule has 8 nitrogen and oxygen atoms in total. The number of amides is 1. The third kappa shape index (κ3) is 5.59. The van der Waals surface area contributed by atoms with Crippen molar-refractivity contribution in [2.24, 2.45) is 0 Å². The van der Waals surface area contributed by atoms with Gasteiger partial charge in [0, 0.05) is 22.2 Å². The Morgan fingerprint density at radius 2 is 1.57 bits per heavy atom. The Hall–Kier alpha value is -4.72. The minimum atomic E-state index is -1.07. The molecule has 0 saturated heterocycles. The average Bonchev–Trinajstić information content (AvgIpc) is 2.92. The number of ketones is 1. The lowest BCUT2D eigenvalue weighted by Gasteiger charge is -2.15. The van der Waals surface area contributed by atoms with E-state index >= 15 is 0 Å². The van der Waals surface area contributed by atoms with Crippen LogP contribution in [0.25, 0.3) is 22.2 Å². The Bertz CT molecular complexity index is 1480. The number of fused-ring (bicyclic) bond motifs is 1. The van der Waals surface area contributed by atoms with E-state index in [1.165, 1.54) is 13.8 Å². The maximum Gasteiger partial charge on any atom is 0.339 e. The molecular weight excluding hydrogens is 472 g/mol. The van der Waals surface area contributed by atoms with E-state index in [1.807, 2.05) is 12.1 Å². The number of nitrogens with one attached hydrogen (secondary N) is 1. The molecule has 4 rings (SSSR count). The van der Waals surface area contributed by atoms with Crippen LogP contribution in [0.5, 0.6) is 11.5 Å². The summed E-state index contributed by atoms with van der Waals surface area (Å²) in [7, 11) is 3.10. The van der Waals surface area contributed by atoms with Crippen LogP contribution in [-0.4, -0.2) is 43.0 Å². The Morgan fingerprint density at radius 3 is 2.24 bits per heavy atom. The number of Topliss-reactive ketones (excluding diaryl/α,β-unsaturated/α-hetero) is 1. The van der Waals surface area contributed by atoms with E-state index in [4.69, 9.17) is 19.2 Å². The number of benzene rings is 3. The molecule has 0 aliphatic heterocycles. The Kier molecular flexibility index (Phi) is 7.48. The van der Waals surface area contributed by atoms with Crippen LogP contribution in [-0.2, 0) is 9.53 Å². The van der Waals surface area contributed by atoms with E-state index in [1.54, 1.807) is 74.9 Å². The summed E-state index contributed by atoms with van der Waals surface area (Å²) in [6.45, 7) is 2.96. The molecular formula is C29H26N2O6. The molecule has 1 N–H and O–H groups in total. The fourth-order valence-electron chi connectivity index (χ4n) is 3.80. The van der Waals surface area contributed by atoms with Crippen molar-refractivity contribution in [1.29, 1.82) is 0 Å². The Balaban J connectivity index is 1.59. The predicted octanol–water partition coefficient (Wildman–Crippen LogP) is 5.31. The van der Waals surface area contributed by atoms with Gasteiger partial charge in [-0.3, -0.25) is 9.59 Å². The average molecular weight is 499 g/mol. The number of hydrogen-bond acceptors (Lipinski definition) is 7. The number of pyridine rings is 1. The number of aromatic nitrogens is 1. The number of esters is 1. The summed E-state index contributed by atoms with van der Waals surface area (Å²) in [5.74, 6) is -0.127. The second-order valence-electron chi connectivity index (χ2n) is 8.31. The van der Waals surface area contributed by atoms with Crippen LogP contribution in [0.2, 0.25) is 0 Å². The van der Waals surface area contributed by atoms with E-state index in [-0.39, 0.29) is 11.3 Å². The topological polar surface area (TPSA) is 104 Å². The van der Waals surface area contributed by atoms with E-state index in [9.17, 15) is 14.4 Å². The van der Waals surface area contributed by atoms with E-state index in [2.05, 4.69) is 5.32 Å². The van der Waals surface area contributed by atoms with Gasteiger partial charge in [0.05, 0.1) is 31.0 Å². The first-order chi connectivity index (χ1) is 17.8. The summed E-state index contributed by atoms with van der Waals surface area (Å²) in [6, 6.07) is 20.7. The maximum atomic E-state index is 13.2. The highest BCUT2D eigenvalue weighted by Gasteiger charge is 2.22. The van der Waals surface area contributed by atoms with Gasteiger partial charge in [-0.1, -0.05) is 18.2 Å². The molecule has 4 aromatic rings. The van der Waals surface area contributed by atoms with Gasteiger partial charge in [-0.25, -0.2) is 9.78 Å². The van der Waals surface area contributed by atoms with Gasteiger partial charge in [-0.05, 0) is 68.4 Å². The Morgan fingerprint density at radius 1 is 0.865 bits per heavy atom. The predicted molar refractivity (Wildman–Crippen MR) is 140 cm³/mol. The molecule has 1 amide bonds. The van der Waals surface area contributed by atoms with Crippen molar-refractivity contribution in [3.05, 3.63) is 83.9 Å². The molecule has 1 heterocycles. The SMILES string of the molecule is COc1ccc(-c2cc(C(=O)OC(C)C(=O)Nc3ccc(C(C)=O)cc3)c3ccccc3n2)cc1OC. The van der Waals surface area contributed by atoms with Crippen molar-refractivity contribution in [1.82, 2.24) is 4.98 Å². The highest BCUT2D eigenvalue weighted by molar-refractivity contribution is 6.06. The molecule has 1 unspecified atom stereocenters. The van der Waals surface area contributed by atoms with Crippen LogP contribution in [0, 0.1) is 0 Å². The van der Waals surface area contributed by atoms with Crippen LogP contribution < -0.4 is 14.8 Å². The largest absolute Gasteiger partial charge is 0.493 e. The van der Waals surface area contributed by atoms with Crippen molar-refractivity contribution >= 4 is 34.3 Å². The number of anilines is 1. The molecule has 37 heavy (non-hydrogen) atoms. The first kappa shape index (κ1) is 25.4. The zero-order valence-corrected chi connectivity index (χ0v) is 20.9. The minimum Gasteiger partial charge on any atom is -0.493 e. The summed E-state index contributed by atoms with van der Waals surface area (Å²) in [6.07, 6.45) is -1.07. The molecule has 8 heteroatoms. The molecule has 3 aromatic carbocycles. The number of hydrogen-bond donors (Lipinski definition) is 1. The van der Waals surface area contributed by atoms with Gasteiger partial charge in [0.1, 0.15) is 0 Å². The fraction of sp³-hybridized carbons (Fsp3) is 0.172. The maximum absolute atomic E-state index is 13.2. The van der Waals surface area contributed by atoms with Gasteiger partial charge >= 0.3 is 5.97 Å². The first-order valence-electron chi connectivity index (χ1n) is 11.6. The second-order valence-corrected chi connectivity index (χ2v) is 8.31. The number of carbonyl (C=O) groups is 3. The molecule has 0 aliphatic rings. The molecule has 188 valence electrons. The van der Waals surface area contributed by atoms with Crippen molar-refractivity contribution in [2.45, 2.75) is 20.0 Å². The smallest absolute Gasteiger partial charge is 0.339 e. The van der Waals surface area contributed by atoms with Crippen LogP contribution in [0.4, 0.5) is 5.69 Å². The number of methoxy groups -OCH3 is 2. The normalized spacial score (nSPS) is 11.5. The van der Waals surface area contributed by atoms with Crippen LogP contribution >= 0.6 is 0 Å². The van der Waals surface area contributed by atoms with E-state index in [0.29, 0.717) is 39.3 Å². The van der Waals surface area contributed by atoms with Crippen LogP contribution in [0.1, 0.15) is 34.6 Å². The van der Waals surface area contributed by atoms with Gasteiger partial charge < -0.3 is 19.5 Å². The van der Waals surface area contributed by atoms with Gasteiger partial charge in [0.15, 0.2) is 23.4 Å². The number of rotatable bonds is 8. The molecule has 0 spiro atoms. The van der Waals surface area contributed by atoms with Crippen molar-refractivity contribution in [3.63, 3.8) is 0 Å². The molecule has 0 aliphatic carbocycles. The second kappa shape index (κ2) is 10.9. The molecule has 0 saturated carbocycles. The van der Waals surface area contributed by atoms with Gasteiger partial charge in [-0.2, -0.15) is 0 Å². The van der Waals surface area contributed by atoms with Gasteiger partial charge in [0.2, 0.25) is 0 Å². The lowest BCUT2D eigenvalue weighted by Crippen LogP contribution is -2.30. The lowest BCUT2D eigenvalue weighted by molar-refractivity contribution is -0.123. The van der Waals surface area contributed by atoms with Crippen molar-refractivity contribution in [3.8, 4) is 22.8 Å².